The molecule has 1 heterocycles. The summed E-state index contributed by atoms with van der Waals surface area (Å²) in [5.74, 6) is 1.62. The Kier molecular flexibility index (Phi) is 7.36. The maximum atomic E-state index is 9.09. The van der Waals surface area contributed by atoms with E-state index in [0.29, 0.717) is 29.0 Å². The van der Waals surface area contributed by atoms with E-state index in [0.717, 1.165) is 24.0 Å². The Labute approximate surface area is 187 Å². The second kappa shape index (κ2) is 9.79. The molecule has 0 bridgehead atoms. The average Bonchev–Trinajstić information content (AvgIpc) is 3.35. The lowest BCUT2D eigenvalue weighted by Gasteiger charge is -2.13. The number of aliphatic hydroxyl groups is 1. The number of nitrogens with one attached hydrogen (secondary N) is 1. The van der Waals surface area contributed by atoms with Gasteiger partial charge in [0.2, 0.25) is 5.82 Å². The van der Waals surface area contributed by atoms with Crippen LogP contribution in [0.5, 0.6) is 5.75 Å². The Bertz CT molecular complexity index is 1010. The van der Waals surface area contributed by atoms with E-state index in [4.69, 9.17) is 26.0 Å². The number of rotatable bonds is 7. The maximum absolute atomic E-state index is 9.09. The Balaban J connectivity index is 0.00000256. The number of nitrogens with zero attached hydrogens (tertiary/aromatic N) is 2. The molecule has 8 heteroatoms. The van der Waals surface area contributed by atoms with Gasteiger partial charge < -0.3 is 19.7 Å². The monoisotopic (exact) mass is 449 g/mol. The molecule has 0 unspecified atom stereocenters. The molecule has 1 atom stereocenters. The molecule has 6 nitrogen and oxygen atoms in total. The normalized spacial score (nSPS) is 15.2. The zero-order chi connectivity index (χ0) is 20.4. The highest BCUT2D eigenvalue weighted by Crippen LogP contribution is 2.37. The number of aliphatic hydroxyl groups excluding tert-OH is 1. The van der Waals surface area contributed by atoms with Crippen LogP contribution in [-0.2, 0) is 6.42 Å². The SMILES string of the molecule is CC(C)Oc1ccc(-c2nc(-c3cccc4c3CC[C@@H]4NCCO)no2)cc1Cl.Cl. The van der Waals surface area contributed by atoms with Crippen molar-refractivity contribution in [3.8, 4) is 28.6 Å². The number of hydrogen-bond acceptors (Lipinski definition) is 6. The van der Waals surface area contributed by atoms with Gasteiger partial charge in [-0.3, -0.25) is 0 Å². The molecule has 2 aromatic carbocycles. The number of fused-ring (bicyclic) bond motifs is 1. The van der Waals surface area contributed by atoms with Crippen LogP contribution < -0.4 is 10.1 Å². The van der Waals surface area contributed by atoms with Crippen LogP contribution in [-0.4, -0.2) is 34.5 Å². The Morgan fingerprint density at radius 1 is 1.30 bits per heavy atom. The second-order valence-electron chi connectivity index (χ2n) is 7.38. The van der Waals surface area contributed by atoms with Crippen molar-refractivity contribution in [1.29, 1.82) is 0 Å². The lowest BCUT2D eigenvalue weighted by molar-refractivity contribution is 0.242. The summed E-state index contributed by atoms with van der Waals surface area (Å²) in [6, 6.07) is 11.9. The standard InChI is InChI=1S/C22H24ClN3O3.ClH/c1-13(2)28-20-9-6-14(12-18(20)23)22-25-21(26-29-22)17-5-3-4-16-15(17)7-8-19(16)24-10-11-27;/h3-6,9,12-13,19,24,27H,7-8,10-11H2,1-2H3;1H/t19-;/m0./s1. The summed E-state index contributed by atoms with van der Waals surface area (Å²) < 4.78 is 11.2. The largest absolute Gasteiger partial charge is 0.489 e. The molecule has 3 aromatic rings. The van der Waals surface area contributed by atoms with E-state index in [2.05, 4.69) is 21.5 Å². The van der Waals surface area contributed by atoms with Crippen molar-refractivity contribution >= 4 is 24.0 Å². The van der Waals surface area contributed by atoms with Crippen LogP contribution in [0.3, 0.4) is 0 Å². The van der Waals surface area contributed by atoms with Crippen molar-refractivity contribution in [3.05, 3.63) is 52.5 Å². The highest BCUT2D eigenvalue weighted by atomic mass is 35.5. The molecule has 1 aromatic heterocycles. The summed E-state index contributed by atoms with van der Waals surface area (Å²) in [5, 5.41) is 17.2. The van der Waals surface area contributed by atoms with Gasteiger partial charge in [-0.15, -0.1) is 12.4 Å². The first-order valence-electron chi connectivity index (χ1n) is 9.83. The van der Waals surface area contributed by atoms with Crippen LogP contribution in [0, 0.1) is 0 Å². The molecule has 0 aliphatic heterocycles. The van der Waals surface area contributed by atoms with Gasteiger partial charge in [-0.05, 0) is 56.0 Å². The summed E-state index contributed by atoms with van der Waals surface area (Å²) in [5.41, 5.74) is 4.20. The predicted octanol–water partition coefficient (Wildman–Crippen LogP) is 4.84. The van der Waals surface area contributed by atoms with Gasteiger partial charge in [0.25, 0.3) is 5.89 Å². The van der Waals surface area contributed by atoms with E-state index < -0.39 is 0 Å². The van der Waals surface area contributed by atoms with Crippen LogP contribution in [0.2, 0.25) is 5.02 Å². The lowest BCUT2D eigenvalue weighted by Crippen LogP contribution is -2.22. The first-order chi connectivity index (χ1) is 14.1. The molecule has 0 fully saturated rings. The van der Waals surface area contributed by atoms with Gasteiger partial charge in [0.15, 0.2) is 0 Å². The molecular formula is C22H25Cl2N3O3. The van der Waals surface area contributed by atoms with Crippen molar-refractivity contribution < 1.29 is 14.4 Å². The summed E-state index contributed by atoms with van der Waals surface area (Å²) in [7, 11) is 0. The molecule has 0 radical (unpaired) electrons. The van der Waals surface area contributed by atoms with Gasteiger partial charge in [0.1, 0.15) is 5.75 Å². The van der Waals surface area contributed by atoms with Crippen LogP contribution >= 0.6 is 24.0 Å². The van der Waals surface area contributed by atoms with Gasteiger partial charge in [-0.25, -0.2) is 0 Å². The number of benzene rings is 2. The van der Waals surface area contributed by atoms with Crippen molar-refractivity contribution in [1.82, 2.24) is 15.5 Å². The minimum Gasteiger partial charge on any atom is -0.489 e. The second-order valence-corrected chi connectivity index (χ2v) is 7.78. The fourth-order valence-electron chi connectivity index (χ4n) is 3.75. The molecule has 1 aliphatic carbocycles. The van der Waals surface area contributed by atoms with Crippen molar-refractivity contribution in [3.63, 3.8) is 0 Å². The molecule has 0 saturated carbocycles. The number of ether oxygens (including phenoxy) is 1. The Morgan fingerprint density at radius 2 is 2.13 bits per heavy atom. The van der Waals surface area contributed by atoms with Crippen molar-refractivity contribution in [2.24, 2.45) is 0 Å². The lowest BCUT2D eigenvalue weighted by atomic mass is 10.0. The van der Waals surface area contributed by atoms with Gasteiger partial charge in [0.05, 0.1) is 17.7 Å². The number of hydrogen-bond donors (Lipinski definition) is 2. The third-order valence-corrected chi connectivity index (χ3v) is 5.28. The Hall–Kier alpha value is -2.12. The van der Waals surface area contributed by atoms with Crippen LogP contribution in [0.1, 0.15) is 37.4 Å². The highest BCUT2D eigenvalue weighted by molar-refractivity contribution is 6.32. The molecule has 0 saturated heterocycles. The molecule has 1 aliphatic rings. The minimum absolute atomic E-state index is 0. The first kappa shape index (κ1) is 22.6. The average molecular weight is 450 g/mol. The summed E-state index contributed by atoms with van der Waals surface area (Å²) in [4.78, 5) is 4.61. The molecule has 0 amide bonds. The Morgan fingerprint density at radius 3 is 2.87 bits per heavy atom. The number of halogens is 2. The molecule has 2 N–H and O–H groups in total. The third-order valence-electron chi connectivity index (χ3n) is 4.98. The minimum atomic E-state index is 0. The smallest absolute Gasteiger partial charge is 0.258 e. The van der Waals surface area contributed by atoms with E-state index in [1.165, 1.54) is 11.1 Å². The summed E-state index contributed by atoms with van der Waals surface area (Å²) in [6.45, 7) is 4.62. The molecular weight excluding hydrogens is 425 g/mol. The zero-order valence-electron chi connectivity index (χ0n) is 16.9. The number of aromatic nitrogens is 2. The fraction of sp³-hybridized carbons (Fsp3) is 0.364. The molecule has 30 heavy (non-hydrogen) atoms. The molecule has 0 spiro atoms. The van der Waals surface area contributed by atoms with Crippen molar-refractivity contribution in [2.75, 3.05) is 13.2 Å². The van der Waals surface area contributed by atoms with Crippen molar-refractivity contribution in [2.45, 2.75) is 38.8 Å². The van der Waals surface area contributed by atoms with Gasteiger partial charge in [-0.1, -0.05) is 35.0 Å². The van der Waals surface area contributed by atoms with E-state index >= 15 is 0 Å². The van der Waals surface area contributed by atoms with Gasteiger partial charge in [-0.2, -0.15) is 4.98 Å². The van der Waals surface area contributed by atoms with Crippen LogP contribution in [0.15, 0.2) is 40.9 Å². The first-order valence-corrected chi connectivity index (χ1v) is 10.2. The summed E-state index contributed by atoms with van der Waals surface area (Å²) >= 11 is 6.34. The molecule has 4 rings (SSSR count). The van der Waals surface area contributed by atoms with E-state index in [1.807, 2.05) is 38.1 Å². The van der Waals surface area contributed by atoms with Gasteiger partial charge in [0, 0.05) is 23.7 Å². The van der Waals surface area contributed by atoms with Gasteiger partial charge >= 0.3 is 0 Å². The predicted molar refractivity (Wildman–Crippen MR) is 119 cm³/mol. The summed E-state index contributed by atoms with van der Waals surface area (Å²) in [6.07, 6.45) is 1.97. The van der Waals surface area contributed by atoms with E-state index in [1.54, 1.807) is 6.07 Å². The van der Waals surface area contributed by atoms with Crippen LogP contribution in [0.25, 0.3) is 22.8 Å². The van der Waals surface area contributed by atoms with E-state index in [-0.39, 0.29) is 31.2 Å². The third kappa shape index (κ3) is 4.62. The van der Waals surface area contributed by atoms with E-state index in [9.17, 15) is 0 Å². The topological polar surface area (TPSA) is 80.4 Å². The quantitative estimate of drug-likeness (QED) is 0.537. The maximum Gasteiger partial charge on any atom is 0.258 e. The van der Waals surface area contributed by atoms with Crippen LogP contribution in [0.4, 0.5) is 0 Å². The fourth-order valence-corrected chi connectivity index (χ4v) is 3.97. The zero-order valence-corrected chi connectivity index (χ0v) is 18.5. The highest BCUT2D eigenvalue weighted by Gasteiger charge is 2.26. The molecule has 160 valence electrons.